The van der Waals surface area contributed by atoms with E-state index < -0.39 is 5.97 Å². The van der Waals surface area contributed by atoms with Crippen molar-refractivity contribution < 1.29 is 14.3 Å². The van der Waals surface area contributed by atoms with E-state index in [1.54, 1.807) is 42.7 Å². The molecule has 3 rings (SSSR count). The minimum atomic E-state index is -0.396. The molecule has 114 valence electrons. The van der Waals surface area contributed by atoms with Crippen LogP contribution in [0.2, 0.25) is 0 Å². The Hall–Kier alpha value is -3.14. The summed E-state index contributed by atoms with van der Waals surface area (Å²) in [5, 5.41) is 0. The predicted octanol–water partition coefficient (Wildman–Crippen LogP) is 4.23. The van der Waals surface area contributed by atoms with Gasteiger partial charge in [-0.25, -0.2) is 4.79 Å². The molecule has 0 saturated heterocycles. The smallest absolute Gasteiger partial charge is 0.338 e. The van der Waals surface area contributed by atoms with Gasteiger partial charge in [-0.3, -0.25) is 4.98 Å². The van der Waals surface area contributed by atoms with Crippen LogP contribution in [0, 0.1) is 0 Å². The van der Waals surface area contributed by atoms with Gasteiger partial charge >= 0.3 is 5.97 Å². The Labute approximate surface area is 134 Å². The summed E-state index contributed by atoms with van der Waals surface area (Å²) < 4.78 is 11.0. The Morgan fingerprint density at radius 2 is 1.74 bits per heavy atom. The molecule has 23 heavy (non-hydrogen) atoms. The number of benzene rings is 2. The minimum absolute atomic E-state index is 0.191. The number of hydrogen-bond acceptors (Lipinski definition) is 4. The van der Waals surface area contributed by atoms with Gasteiger partial charge in [0.15, 0.2) is 0 Å². The summed E-state index contributed by atoms with van der Waals surface area (Å²) in [6, 6.07) is 20.0. The third-order valence-electron chi connectivity index (χ3n) is 3.14. The fraction of sp³-hybridized carbons (Fsp3) is 0.0526. The SMILES string of the molecule is O=C(OCc1cccnc1)c1cccc(Oc2ccccc2)c1. The van der Waals surface area contributed by atoms with Gasteiger partial charge < -0.3 is 9.47 Å². The minimum Gasteiger partial charge on any atom is -0.457 e. The zero-order valence-corrected chi connectivity index (χ0v) is 12.4. The molecule has 0 unspecified atom stereocenters. The lowest BCUT2D eigenvalue weighted by Gasteiger charge is -2.08. The average molecular weight is 305 g/mol. The van der Waals surface area contributed by atoms with E-state index in [4.69, 9.17) is 9.47 Å². The van der Waals surface area contributed by atoms with Gasteiger partial charge in [0.05, 0.1) is 5.56 Å². The molecule has 4 nitrogen and oxygen atoms in total. The summed E-state index contributed by atoms with van der Waals surface area (Å²) >= 11 is 0. The Morgan fingerprint density at radius 1 is 0.913 bits per heavy atom. The molecule has 0 N–H and O–H groups in total. The summed E-state index contributed by atoms with van der Waals surface area (Å²) in [5.74, 6) is 0.910. The van der Waals surface area contributed by atoms with Gasteiger partial charge in [-0.05, 0) is 36.4 Å². The van der Waals surface area contributed by atoms with Crippen LogP contribution in [0.3, 0.4) is 0 Å². The summed E-state index contributed by atoms with van der Waals surface area (Å²) in [4.78, 5) is 16.1. The van der Waals surface area contributed by atoms with E-state index in [9.17, 15) is 4.79 Å². The zero-order valence-electron chi connectivity index (χ0n) is 12.4. The molecule has 0 aliphatic carbocycles. The van der Waals surface area contributed by atoms with Gasteiger partial charge in [0.2, 0.25) is 0 Å². The second-order valence-corrected chi connectivity index (χ2v) is 4.88. The fourth-order valence-corrected chi connectivity index (χ4v) is 2.03. The third-order valence-corrected chi connectivity index (χ3v) is 3.14. The van der Waals surface area contributed by atoms with Gasteiger partial charge in [0, 0.05) is 18.0 Å². The molecular formula is C19H15NO3. The lowest BCUT2D eigenvalue weighted by atomic mass is 10.2. The molecule has 0 bridgehead atoms. The van der Waals surface area contributed by atoms with Gasteiger partial charge in [0.25, 0.3) is 0 Å². The van der Waals surface area contributed by atoms with Gasteiger partial charge in [0.1, 0.15) is 18.1 Å². The monoisotopic (exact) mass is 305 g/mol. The highest BCUT2D eigenvalue weighted by atomic mass is 16.5. The molecule has 0 aliphatic rings. The quantitative estimate of drug-likeness (QED) is 0.662. The molecule has 0 fully saturated rings. The summed E-state index contributed by atoms with van der Waals surface area (Å²) in [5.41, 5.74) is 1.29. The van der Waals surface area contributed by atoms with E-state index in [1.165, 1.54) is 0 Å². The molecule has 2 aromatic carbocycles. The number of ether oxygens (including phenoxy) is 2. The lowest BCUT2D eigenvalue weighted by Crippen LogP contribution is -2.05. The Balaban J connectivity index is 1.65. The number of pyridine rings is 1. The number of carbonyl (C=O) groups excluding carboxylic acids is 1. The first-order valence-electron chi connectivity index (χ1n) is 7.20. The predicted molar refractivity (Wildman–Crippen MR) is 86.3 cm³/mol. The number of nitrogens with zero attached hydrogens (tertiary/aromatic N) is 1. The van der Waals surface area contributed by atoms with Crippen LogP contribution in [-0.2, 0) is 11.3 Å². The Bertz CT molecular complexity index is 773. The molecule has 0 atom stereocenters. The topological polar surface area (TPSA) is 48.4 Å². The van der Waals surface area contributed by atoms with E-state index in [2.05, 4.69) is 4.98 Å². The first kappa shape index (κ1) is 14.8. The van der Waals surface area contributed by atoms with Gasteiger partial charge in [-0.1, -0.05) is 30.3 Å². The maximum absolute atomic E-state index is 12.1. The first-order valence-corrected chi connectivity index (χ1v) is 7.20. The second-order valence-electron chi connectivity index (χ2n) is 4.88. The maximum atomic E-state index is 12.1. The number of esters is 1. The zero-order chi connectivity index (χ0) is 15.9. The normalized spacial score (nSPS) is 10.1. The first-order chi connectivity index (χ1) is 11.3. The van der Waals surface area contributed by atoms with Crippen molar-refractivity contribution in [2.24, 2.45) is 0 Å². The standard InChI is InChI=1S/C19H15NO3/c21-19(22-14-15-6-5-11-20-13-15)16-7-4-10-18(12-16)23-17-8-2-1-3-9-17/h1-13H,14H2. The molecule has 0 spiro atoms. The van der Waals surface area contributed by atoms with Crippen molar-refractivity contribution in [3.63, 3.8) is 0 Å². The van der Waals surface area contributed by atoms with Crippen LogP contribution in [-0.4, -0.2) is 11.0 Å². The van der Waals surface area contributed by atoms with E-state index in [0.29, 0.717) is 17.1 Å². The Morgan fingerprint density at radius 3 is 2.52 bits per heavy atom. The summed E-state index contributed by atoms with van der Waals surface area (Å²) in [6.07, 6.45) is 3.35. The molecule has 0 radical (unpaired) electrons. The summed E-state index contributed by atoms with van der Waals surface area (Å²) in [6.45, 7) is 0.191. The Kier molecular flexibility index (Phi) is 4.64. The number of rotatable bonds is 5. The van der Waals surface area contributed by atoms with Crippen LogP contribution in [0.1, 0.15) is 15.9 Å². The largest absolute Gasteiger partial charge is 0.457 e. The van der Waals surface area contributed by atoms with Crippen molar-refractivity contribution in [2.75, 3.05) is 0 Å². The van der Waals surface area contributed by atoms with Crippen molar-refractivity contribution >= 4 is 5.97 Å². The molecule has 0 aliphatic heterocycles. The van der Waals surface area contributed by atoms with Crippen LogP contribution in [0.4, 0.5) is 0 Å². The molecule has 1 heterocycles. The number of aromatic nitrogens is 1. The summed E-state index contributed by atoms with van der Waals surface area (Å²) in [7, 11) is 0. The molecule has 0 saturated carbocycles. The van der Waals surface area contributed by atoms with E-state index in [0.717, 1.165) is 5.56 Å². The molecule has 0 amide bonds. The molecule has 4 heteroatoms. The van der Waals surface area contributed by atoms with E-state index in [1.807, 2.05) is 36.4 Å². The number of para-hydroxylation sites is 1. The van der Waals surface area contributed by atoms with Crippen LogP contribution in [0.15, 0.2) is 79.1 Å². The van der Waals surface area contributed by atoms with Crippen LogP contribution in [0.25, 0.3) is 0 Å². The van der Waals surface area contributed by atoms with Crippen molar-refractivity contribution in [1.29, 1.82) is 0 Å². The highest BCUT2D eigenvalue weighted by molar-refractivity contribution is 5.89. The number of hydrogen-bond donors (Lipinski definition) is 0. The lowest BCUT2D eigenvalue weighted by molar-refractivity contribution is 0.0472. The highest BCUT2D eigenvalue weighted by Gasteiger charge is 2.09. The van der Waals surface area contributed by atoms with E-state index in [-0.39, 0.29) is 6.61 Å². The van der Waals surface area contributed by atoms with E-state index >= 15 is 0 Å². The fourth-order valence-electron chi connectivity index (χ4n) is 2.03. The number of carbonyl (C=O) groups is 1. The second kappa shape index (κ2) is 7.22. The average Bonchev–Trinajstić information content (AvgIpc) is 2.62. The van der Waals surface area contributed by atoms with Gasteiger partial charge in [-0.15, -0.1) is 0 Å². The van der Waals surface area contributed by atoms with Crippen LogP contribution < -0.4 is 4.74 Å². The van der Waals surface area contributed by atoms with Crippen molar-refractivity contribution in [3.05, 3.63) is 90.3 Å². The van der Waals surface area contributed by atoms with Crippen molar-refractivity contribution in [1.82, 2.24) is 4.98 Å². The third kappa shape index (κ3) is 4.17. The highest BCUT2D eigenvalue weighted by Crippen LogP contribution is 2.22. The molecule has 3 aromatic rings. The van der Waals surface area contributed by atoms with Crippen molar-refractivity contribution in [2.45, 2.75) is 6.61 Å². The van der Waals surface area contributed by atoms with Crippen LogP contribution in [0.5, 0.6) is 11.5 Å². The maximum Gasteiger partial charge on any atom is 0.338 e. The molecular weight excluding hydrogens is 290 g/mol. The van der Waals surface area contributed by atoms with Crippen molar-refractivity contribution in [3.8, 4) is 11.5 Å². The van der Waals surface area contributed by atoms with Gasteiger partial charge in [-0.2, -0.15) is 0 Å². The van der Waals surface area contributed by atoms with Crippen LogP contribution >= 0.6 is 0 Å². The molecule has 1 aromatic heterocycles.